The molecule has 1 saturated carbocycles. The minimum Gasteiger partial charge on any atom is -0.448 e. The van der Waals surface area contributed by atoms with Crippen molar-refractivity contribution < 1.29 is 14.3 Å². The van der Waals surface area contributed by atoms with E-state index in [1.54, 1.807) is 12.3 Å². The number of rotatable bonds is 3. The van der Waals surface area contributed by atoms with E-state index in [0.717, 1.165) is 47.9 Å². The van der Waals surface area contributed by atoms with Gasteiger partial charge in [0.1, 0.15) is 0 Å². The Morgan fingerprint density at radius 3 is 2.75 bits per heavy atom. The summed E-state index contributed by atoms with van der Waals surface area (Å²) in [5.41, 5.74) is 2.46. The monoisotopic (exact) mass is 372 g/mol. The molecular formula is C23H20N2O3. The van der Waals surface area contributed by atoms with Gasteiger partial charge in [0.05, 0.1) is 5.52 Å². The number of para-hydroxylation sites is 1. The molecule has 1 fully saturated rings. The van der Waals surface area contributed by atoms with E-state index < -0.39 is 5.79 Å². The van der Waals surface area contributed by atoms with E-state index in [1.165, 1.54) is 6.08 Å². The number of ether oxygens (including phenoxy) is 2. The van der Waals surface area contributed by atoms with Crippen LogP contribution in [0.25, 0.3) is 17.0 Å². The third-order valence-corrected chi connectivity index (χ3v) is 5.25. The minimum absolute atomic E-state index is 0.206. The van der Waals surface area contributed by atoms with Crippen LogP contribution >= 0.6 is 0 Å². The summed E-state index contributed by atoms with van der Waals surface area (Å²) < 4.78 is 12.1. The van der Waals surface area contributed by atoms with Crippen molar-refractivity contribution in [1.29, 1.82) is 0 Å². The average molecular weight is 372 g/mol. The largest absolute Gasteiger partial charge is 0.448 e. The van der Waals surface area contributed by atoms with E-state index in [0.29, 0.717) is 11.4 Å². The molecule has 3 aromatic rings. The van der Waals surface area contributed by atoms with Gasteiger partial charge in [-0.25, -0.2) is 0 Å². The minimum atomic E-state index is -0.494. The molecule has 2 aromatic carbocycles. The fourth-order valence-corrected chi connectivity index (χ4v) is 3.90. The summed E-state index contributed by atoms with van der Waals surface area (Å²) in [5.74, 6) is 0.744. The van der Waals surface area contributed by atoms with Crippen LogP contribution < -0.4 is 14.8 Å². The second-order valence-electron chi connectivity index (χ2n) is 7.23. The van der Waals surface area contributed by atoms with Gasteiger partial charge in [-0.3, -0.25) is 9.78 Å². The van der Waals surface area contributed by atoms with Crippen molar-refractivity contribution in [1.82, 2.24) is 4.98 Å². The number of carbonyl (C=O) groups is 1. The Kier molecular flexibility index (Phi) is 4.01. The van der Waals surface area contributed by atoms with E-state index in [2.05, 4.69) is 10.3 Å². The highest BCUT2D eigenvalue weighted by Crippen LogP contribution is 2.47. The number of nitrogens with zero attached hydrogens (tertiary/aromatic N) is 1. The number of amides is 1. The number of hydrogen-bond acceptors (Lipinski definition) is 4. The van der Waals surface area contributed by atoms with Gasteiger partial charge in [-0.2, -0.15) is 0 Å². The molecule has 1 spiro atoms. The van der Waals surface area contributed by atoms with Crippen LogP contribution in [-0.2, 0) is 4.79 Å². The van der Waals surface area contributed by atoms with Crippen molar-refractivity contribution >= 4 is 28.6 Å². The van der Waals surface area contributed by atoms with Crippen LogP contribution in [0.15, 0.2) is 60.8 Å². The number of fused-ring (bicyclic) bond motifs is 2. The SMILES string of the molecule is O=C(C=Cc1cccc2cccnc12)Nc1ccc2c(c1)OC1(CCCC1)O2. The van der Waals surface area contributed by atoms with E-state index in [-0.39, 0.29) is 5.91 Å². The van der Waals surface area contributed by atoms with Crippen molar-refractivity contribution in [3.05, 3.63) is 66.4 Å². The van der Waals surface area contributed by atoms with Crippen LogP contribution in [0.1, 0.15) is 31.2 Å². The topological polar surface area (TPSA) is 60.5 Å². The van der Waals surface area contributed by atoms with Gasteiger partial charge in [-0.15, -0.1) is 0 Å². The number of anilines is 1. The molecule has 1 aliphatic heterocycles. The van der Waals surface area contributed by atoms with Gasteiger partial charge in [0, 0.05) is 47.8 Å². The molecule has 1 aliphatic carbocycles. The normalized spacial score (nSPS) is 16.9. The quantitative estimate of drug-likeness (QED) is 0.663. The molecule has 5 nitrogen and oxygen atoms in total. The summed E-state index contributed by atoms with van der Waals surface area (Å²) in [6, 6.07) is 15.3. The van der Waals surface area contributed by atoms with Crippen molar-refractivity contribution in [2.45, 2.75) is 31.5 Å². The standard InChI is InChI=1S/C23H20N2O3/c26-21(11-8-17-6-3-5-16-7-4-14-24-22(16)17)25-18-9-10-19-20(15-18)28-23(27-19)12-1-2-13-23/h3-11,14-15H,1-2,12-13H2,(H,25,26). The first-order valence-corrected chi connectivity index (χ1v) is 9.56. The lowest BCUT2D eigenvalue weighted by Gasteiger charge is -2.21. The summed E-state index contributed by atoms with van der Waals surface area (Å²) in [7, 11) is 0. The average Bonchev–Trinajstić information content (AvgIpc) is 3.31. The first kappa shape index (κ1) is 16.8. The highest BCUT2D eigenvalue weighted by atomic mass is 16.7. The summed E-state index contributed by atoms with van der Waals surface area (Å²) in [6.45, 7) is 0. The maximum atomic E-state index is 12.4. The van der Waals surface area contributed by atoms with Gasteiger partial charge >= 0.3 is 0 Å². The van der Waals surface area contributed by atoms with Crippen molar-refractivity contribution in [3.63, 3.8) is 0 Å². The zero-order chi connectivity index (χ0) is 19.0. The van der Waals surface area contributed by atoms with E-state index in [9.17, 15) is 4.79 Å². The number of carbonyl (C=O) groups excluding carboxylic acids is 1. The molecule has 5 heteroatoms. The predicted molar refractivity (Wildman–Crippen MR) is 108 cm³/mol. The Hall–Kier alpha value is -3.34. The molecule has 1 N–H and O–H groups in total. The van der Waals surface area contributed by atoms with Crippen LogP contribution in [0, 0.1) is 0 Å². The molecule has 1 amide bonds. The van der Waals surface area contributed by atoms with Crippen LogP contribution in [0.2, 0.25) is 0 Å². The number of aromatic nitrogens is 1. The van der Waals surface area contributed by atoms with Crippen LogP contribution in [0.4, 0.5) is 5.69 Å². The Labute approximate surface area is 163 Å². The van der Waals surface area contributed by atoms with Crippen molar-refractivity contribution in [2.75, 3.05) is 5.32 Å². The van der Waals surface area contributed by atoms with Gasteiger partial charge in [-0.05, 0) is 37.1 Å². The fourth-order valence-electron chi connectivity index (χ4n) is 3.90. The summed E-state index contributed by atoms with van der Waals surface area (Å²) in [5, 5.41) is 3.93. The maximum Gasteiger partial charge on any atom is 0.251 e. The van der Waals surface area contributed by atoms with Gasteiger partial charge in [-0.1, -0.05) is 24.3 Å². The highest BCUT2D eigenvalue weighted by molar-refractivity contribution is 6.03. The second kappa shape index (κ2) is 6.68. The van der Waals surface area contributed by atoms with Gasteiger partial charge < -0.3 is 14.8 Å². The molecule has 2 aliphatic rings. The van der Waals surface area contributed by atoms with E-state index >= 15 is 0 Å². The van der Waals surface area contributed by atoms with Gasteiger partial charge in [0.25, 0.3) is 5.79 Å². The first-order valence-electron chi connectivity index (χ1n) is 9.56. The lowest BCUT2D eigenvalue weighted by molar-refractivity contribution is -0.111. The molecule has 2 heterocycles. The van der Waals surface area contributed by atoms with Gasteiger partial charge in [0.2, 0.25) is 5.91 Å². The van der Waals surface area contributed by atoms with Crippen LogP contribution in [0.5, 0.6) is 11.5 Å². The number of nitrogens with one attached hydrogen (secondary N) is 1. The summed E-state index contributed by atoms with van der Waals surface area (Å²) in [6.07, 6.45) is 9.11. The second-order valence-corrected chi connectivity index (χ2v) is 7.23. The van der Waals surface area contributed by atoms with Crippen LogP contribution in [0.3, 0.4) is 0 Å². The molecule has 0 unspecified atom stereocenters. The van der Waals surface area contributed by atoms with Crippen LogP contribution in [-0.4, -0.2) is 16.7 Å². The zero-order valence-electron chi connectivity index (χ0n) is 15.4. The van der Waals surface area contributed by atoms with Crippen molar-refractivity contribution in [2.24, 2.45) is 0 Å². The Bertz CT molecular complexity index is 1080. The Balaban J connectivity index is 1.31. The van der Waals surface area contributed by atoms with Gasteiger partial charge in [0.15, 0.2) is 11.5 Å². The Morgan fingerprint density at radius 1 is 1.04 bits per heavy atom. The molecule has 0 saturated heterocycles. The molecule has 0 radical (unpaired) electrons. The molecule has 0 atom stereocenters. The molecule has 1 aromatic heterocycles. The maximum absolute atomic E-state index is 12.4. The summed E-state index contributed by atoms with van der Waals surface area (Å²) in [4.78, 5) is 16.8. The smallest absolute Gasteiger partial charge is 0.251 e. The molecule has 5 rings (SSSR count). The third kappa shape index (κ3) is 3.09. The number of hydrogen-bond donors (Lipinski definition) is 1. The predicted octanol–water partition coefficient (Wildman–Crippen LogP) is 4.93. The molecular weight excluding hydrogens is 352 g/mol. The molecule has 0 bridgehead atoms. The number of pyridine rings is 1. The first-order chi connectivity index (χ1) is 13.7. The summed E-state index contributed by atoms with van der Waals surface area (Å²) >= 11 is 0. The Morgan fingerprint density at radius 2 is 1.86 bits per heavy atom. The fraction of sp³-hybridized carbons (Fsp3) is 0.217. The van der Waals surface area contributed by atoms with E-state index in [1.807, 2.05) is 48.5 Å². The lowest BCUT2D eigenvalue weighted by Crippen LogP contribution is -2.34. The highest BCUT2D eigenvalue weighted by Gasteiger charge is 2.44. The molecule has 140 valence electrons. The molecule has 28 heavy (non-hydrogen) atoms. The van der Waals surface area contributed by atoms with E-state index in [4.69, 9.17) is 9.47 Å². The number of benzene rings is 2. The van der Waals surface area contributed by atoms with Crippen molar-refractivity contribution in [3.8, 4) is 11.5 Å². The lowest BCUT2D eigenvalue weighted by atomic mass is 10.1. The third-order valence-electron chi connectivity index (χ3n) is 5.25. The zero-order valence-corrected chi connectivity index (χ0v) is 15.4.